The maximum Gasteiger partial charge on any atom is 0.267 e. The van der Waals surface area contributed by atoms with Crippen LogP contribution in [-0.4, -0.2) is 23.9 Å². The Morgan fingerprint density at radius 1 is 1.00 bits per heavy atom. The zero-order valence-electron chi connectivity index (χ0n) is 14.6. The number of amides is 2. The van der Waals surface area contributed by atoms with Gasteiger partial charge in [0.05, 0.1) is 12.8 Å². The van der Waals surface area contributed by atoms with Crippen molar-refractivity contribution in [1.82, 2.24) is 4.98 Å². The van der Waals surface area contributed by atoms with Crippen LogP contribution in [0.4, 0.5) is 10.8 Å². The second kappa shape index (κ2) is 8.20. The minimum absolute atomic E-state index is 0.294. The van der Waals surface area contributed by atoms with E-state index >= 15 is 0 Å². The van der Waals surface area contributed by atoms with Crippen LogP contribution < -0.4 is 15.4 Å². The van der Waals surface area contributed by atoms with E-state index in [2.05, 4.69) is 15.6 Å². The van der Waals surface area contributed by atoms with Crippen molar-refractivity contribution in [3.05, 3.63) is 69.7 Å². The van der Waals surface area contributed by atoms with Crippen LogP contribution in [0.3, 0.4) is 0 Å². The van der Waals surface area contributed by atoms with Gasteiger partial charge in [0, 0.05) is 16.3 Å². The molecule has 1 aromatic heterocycles. The molecule has 27 heavy (non-hydrogen) atoms. The monoisotopic (exact) mass is 401 g/mol. The molecule has 1 heterocycles. The van der Waals surface area contributed by atoms with Crippen molar-refractivity contribution in [2.24, 2.45) is 0 Å². The van der Waals surface area contributed by atoms with E-state index in [1.54, 1.807) is 62.6 Å². The number of thiazole rings is 1. The first kappa shape index (κ1) is 18.9. The van der Waals surface area contributed by atoms with Gasteiger partial charge < -0.3 is 10.1 Å². The number of anilines is 2. The van der Waals surface area contributed by atoms with Crippen LogP contribution in [0.2, 0.25) is 5.02 Å². The second-order valence-corrected chi connectivity index (χ2v) is 7.01. The fraction of sp³-hybridized carbons (Fsp3) is 0.105. The minimum Gasteiger partial charge on any atom is -0.497 e. The third kappa shape index (κ3) is 4.64. The summed E-state index contributed by atoms with van der Waals surface area (Å²) in [6.07, 6.45) is 0. The zero-order valence-corrected chi connectivity index (χ0v) is 16.1. The molecule has 3 rings (SSSR count). The molecule has 0 saturated heterocycles. The topological polar surface area (TPSA) is 80.3 Å². The summed E-state index contributed by atoms with van der Waals surface area (Å²) in [5.41, 5.74) is 1.63. The van der Waals surface area contributed by atoms with E-state index in [0.29, 0.717) is 37.7 Å². The summed E-state index contributed by atoms with van der Waals surface area (Å²) in [7, 11) is 1.56. The van der Waals surface area contributed by atoms with Crippen molar-refractivity contribution in [3.63, 3.8) is 0 Å². The molecule has 0 atom stereocenters. The molecule has 138 valence electrons. The molecule has 3 aromatic rings. The number of ether oxygens (including phenoxy) is 1. The van der Waals surface area contributed by atoms with Crippen LogP contribution in [0.5, 0.6) is 5.75 Å². The van der Waals surface area contributed by atoms with Crippen molar-refractivity contribution in [2.45, 2.75) is 6.92 Å². The fourth-order valence-electron chi connectivity index (χ4n) is 2.29. The third-order valence-electron chi connectivity index (χ3n) is 3.68. The Hall–Kier alpha value is -2.90. The number of nitrogens with zero attached hydrogens (tertiary/aromatic N) is 1. The van der Waals surface area contributed by atoms with Gasteiger partial charge in [-0.05, 0) is 55.5 Å². The summed E-state index contributed by atoms with van der Waals surface area (Å²) in [5, 5.41) is 6.44. The number of carbonyl (C=O) groups excluding carboxylic acids is 2. The van der Waals surface area contributed by atoms with Crippen LogP contribution in [-0.2, 0) is 0 Å². The van der Waals surface area contributed by atoms with E-state index in [1.807, 2.05) is 0 Å². The molecule has 2 aromatic carbocycles. The lowest BCUT2D eigenvalue weighted by Gasteiger charge is -2.04. The van der Waals surface area contributed by atoms with Crippen molar-refractivity contribution in [3.8, 4) is 5.75 Å². The summed E-state index contributed by atoms with van der Waals surface area (Å²) < 4.78 is 5.07. The molecule has 0 aliphatic carbocycles. The average Bonchev–Trinajstić information content (AvgIpc) is 3.04. The number of aryl methyl sites for hydroxylation is 1. The number of rotatable bonds is 5. The molecule has 0 fully saturated rings. The second-order valence-electron chi connectivity index (χ2n) is 5.58. The van der Waals surface area contributed by atoms with Crippen molar-refractivity contribution < 1.29 is 14.3 Å². The van der Waals surface area contributed by atoms with Crippen LogP contribution in [0, 0.1) is 6.92 Å². The molecule has 0 aliphatic heterocycles. The van der Waals surface area contributed by atoms with Gasteiger partial charge in [-0.1, -0.05) is 22.9 Å². The highest BCUT2D eigenvalue weighted by Crippen LogP contribution is 2.25. The fourth-order valence-corrected chi connectivity index (χ4v) is 3.28. The predicted molar refractivity (Wildman–Crippen MR) is 107 cm³/mol. The molecule has 0 saturated carbocycles. The first-order valence-electron chi connectivity index (χ1n) is 7.96. The molecule has 0 bridgehead atoms. The molecular formula is C19H16ClN3O3S. The van der Waals surface area contributed by atoms with Crippen molar-refractivity contribution >= 4 is 45.6 Å². The van der Waals surface area contributed by atoms with Crippen LogP contribution in [0.1, 0.15) is 25.7 Å². The molecule has 0 unspecified atom stereocenters. The number of hydrogen-bond donors (Lipinski definition) is 2. The van der Waals surface area contributed by atoms with Gasteiger partial charge in [0.15, 0.2) is 5.13 Å². The van der Waals surface area contributed by atoms with E-state index in [-0.39, 0.29) is 11.8 Å². The van der Waals surface area contributed by atoms with E-state index in [0.717, 1.165) is 11.3 Å². The van der Waals surface area contributed by atoms with Gasteiger partial charge in [0.1, 0.15) is 10.6 Å². The van der Waals surface area contributed by atoms with Crippen LogP contribution in [0.15, 0.2) is 48.5 Å². The lowest BCUT2D eigenvalue weighted by atomic mass is 10.2. The number of carbonyl (C=O) groups is 2. The highest BCUT2D eigenvalue weighted by atomic mass is 35.5. The average molecular weight is 402 g/mol. The molecule has 2 amide bonds. The van der Waals surface area contributed by atoms with Gasteiger partial charge in [0.2, 0.25) is 0 Å². The summed E-state index contributed by atoms with van der Waals surface area (Å²) in [4.78, 5) is 29.5. The van der Waals surface area contributed by atoms with Gasteiger partial charge in [0.25, 0.3) is 11.8 Å². The first-order chi connectivity index (χ1) is 13.0. The molecule has 0 radical (unpaired) electrons. The Balaban J connectivity index is 1.70. The van der Waals surface area contributed by atoms with Crippen molar-refractivity contribution in [1.29, 1.82) is 0 Å². The third-order valence-corrected chi connectivity index (χ3v) is 5.00. The SMILES string of the molecule is COc1ccc(C(=O)Nc2nc(C)c(C(=O)Nc3ccc(Cl)cc3)s2)cc1. The molecule has 0 aliphatic rings. The minimum atomic E-state index is -0.309. The lowest BCUT2D eigenvalue weighted by Crippen LogP contribution is -2.11. The lowest BCUT2D eigenvalue weighted by molar-refractivity contribution is 0.102. The van der Waals surface area contributed by atoms with Crippen LogP contribution in [0.25, 0.3) is 0 Å². The van der Waals surface area contributed by atoms with Gasteiger partial charge in [-0.15, -0.1) is 0 Å². The summed E-state index contributed by atoms with van der Waals surface area (Å²) in [6.45, 7) is 1.72. The first-order valence-corrected chi connectivity index (χ1v) is 9.15. The Labute approximate surface area is 165 Å². The summed E-state index contributed by atoms with van der Waals surface area (Å²) in [5.74, 6) is 0.0612. The molecular weight excluding hydrogens is 386 g/mol. The largest absolute Gasteiger partial charge is 0.497 e. The number of hydrogen-bond acceptors (Lipinski definition) is 5. The number of nitrogens with one attached hydrogen (secondary N) is 2. The number of aromatic nitrogens is 1. The maximum atomic E-state index is 12.5. The highest BCUT2D eigenvalue weighted by Gasteiger charge is 2.17. The van der Waals surface area contributed by atoms with Gasteiger partial charge >= 0.3 is 0 Å². The van der Waals surface area contributed by atoms with Crippen molar-refractivity contribution in [2.75, 3.05) is 17.7 Å². The smallest absolute Gasteiger partial charge is 0.267 e. The molecule has 6 nitrogen and oxygen atoms in total. The zero-order chi connectivity index (χ0) is 19.4. The number of methoxy groups -OCH3 is 1. The van der Waals surface area contributed by atoms with E-state index < -0.39 is 0 Å². The standard InChI is InChI=1S/C19H16ClN3O3S/c1-11-16(18(25)22-14-7-5-13(20)6-8-14)27-19(21-11)23-17(24)12-3-9-15(26-2)10-4-12/h3-10H,1-2H3,(H,22,25)(H,21,23,24). The highest BCUT2D eigenvalue weighted by molar-refractivity contribution is 7.17. The Morgan fingerprint density at radius 2 is 1.67 bits per heavy atom. The molecule has 2 N–H and O–H groups in total. The normalized spacial score (nSPS) is 10.3. The van der Waals surface area contributed by atoms with Crippen LogP contribution >= 0.6 is 22.9 Å². The van der Waals surface area contributed by atoms with E-state index in [9.17, 15) is 9.59 Å². The van der Waals surface area contributed by atoms with Gasteiger partial charge in [-0.3, -0.25) is 14.9 Å². The van der Waals surface area contributed by atoms with E-state index in [4.69, 9.17) is 16.3 Å². The van der Waals surface area contributed by atoms with Gasteiger partial charge in [-0.25, -0.2) is 4.98 Å². The molecule has 0 spiro atoms. The predicted octanol–water partition coefficient (Wildman–Crippen LogP) is 4.62. The number of benzene rings is 2. The Morgan fingerprint density at radius 3 is 2.30 bits per heavy atom. The Kier molecular flexibility index (Phi) is 5.73. The maximum absolute atomic E-state index is 12.5. The summed E-state index contributed by atoms with van der Waals surface area (Å²) in [6, 6.07) is 13.5. The van der Waals surface area contributed by atoms with E-state index in [1.165, 1.54) is 0 Å². The molecule has 8 heteroatoms. The number of halogens is 1. The Bertz CT molecular complexity index is 969. The quantitative estimate of drug-likeness (QED) is 0.653. The summed E-state index contributed by atoms with van der Waals surface area (Å²) >= 11 is 6.96. The van der Waals surface area contributed by atoms with Gasteiger partial charge in [-0.2, -0.15) is 0 Å².